The van der Waals surface area contributed by atoms with Crippen LogP contribution in [0.1, 0.15) is 6.92 Å². The SMILES string of the molecule is CC(CN(C)C)Nc1nc2cc(Br)ccc2s1. The van der Waals surface area contributed by atoms with Gasteiger partial charge in [0.05, 0.1) is 10.2 Å². The maximum absolute atomic E-state index is 4.58. The van der Waals surface area contributed by atoms with Crippen LogP contribution in [0.15, 0.2) is 22.7 Å². The summed E-state index contributed by atoms with van der Waals surface area (Å²) >= 11 is 5.16. The molecule has 5 heteroatoms. The van der Waals surface area contributed by atoms with Crippen molar-refractivity contribution in [1.29, 1.82) is 0 Å². The summed E-state index contributed by atoms with van der Waals surface area (Å²) in [5.41, 5.74) is 1.05. The van der Waals surface area contributed by atoms with E-state index in [2.05, 4.69) is 58.2 Å². The van der Waals surface area contributed by atoms with Crippen molar-refractivity contribution in [3.05, 3.63) is 22.7 Å². The number of fused-ring (bicyclic) bond motifs is 1. The molecule has 0 aliphatic rings. The number of nitrogens with one attached hydrogen (secondary N) is 1. The minimum atomic E-state index is 0.397. The number of nitrogens with zero attached hydrogens (tertiary/aromatic N) is 2. The zero-order chi connectivity index (χ0) is 12.4. The van der Waals surface area contributed by atoms with Crippen LogP contribution in [0.25, 0.3) is 10.2 Å². The number of aromatic nitrogens is 1. The maximum Gasteiger partial charge on any atom is 0.184 e. The molecule has 2 rings (SSSR count). The number of thiazole rings is 1. The van der Waals surface area contributed by atoms with E-state index in [1.165, 1.54) is 4.70 Å². The van der Waals surface area contributed by atoms with Gasteiger partial charge < -0.3 is 10.2 Å². The van der Waals surface area contributed by atoms with Gasteiger partial charge in [-0.2, -0.15) is 0 Å². The Hall–Kier alpha value is -0.650. The van der Waals surface area contributed by atoms with Gasteiger partial charge in [0.1, 0.15) is 0 Å². The summed E-state index contributed by atoms with van der Waals surface area (Å²) in [6.07, 6.45) is 0. The number of hydrogen-bond donors (Lipinski definition) is 1. The zero-order valence-electron chi connectivity index (χ0n) is 10.2. The third kappa shape index (κ3) is 3.40. The molecule has 3 nitrogen and oxygen atoms in total. The lowest BCUT2D eigenvalue weighted by Gasteiger charge is -2.17. The van der Waals surface area contributed by atoms with Crippen molar-refractivity contribution in [2.45, 2.75) is 13.0 Å². The van der Waals surface area contributed by atoms with Crippen LogP contribution in [0, 0.1) is 0 Å². The normalized spacial score (nSPS) is 13.2. The van der Waals surface area contributed by atoms with Crippen molar-refractivity contribution in [1.82, 2.24) is 9.88 Å². The predicted octanol–water partition coefficient (Wildman–Crippen LogP) is 3.42. The van der Waals surface area contributed by atoms with E-state index in [0.29, 0.717) is 6.04 Å². The molecular formula is C12H16BrN3S. The molecule has 1 unspecified atom stereocenters. The summed E-state index contributed by atoms with van der Waals surface area (Å²) in [5.74, 6) is 0. The number of hydrogen-bond acceptors (Lipinski definition) is 4. The van der Waals surface area contributed by atoms with Crippen molar-refractivity contribution in [2.24, 2.45) is 0 Å². The van der Waals surface area contributed by atoms with E-state index in [-0.39, 0.29) is 0 Å². The van der Waals surface area contributed by atoms with Crippen molar-refractivity contribution < 1.29 is 0 Å². The number of halogens is 1. The van der Waals surface area contributed by atoms with Crippen LogP contribution < -0.4 is 5.32 Å². The zero-order valence-corrected chi connectivity index (χ0v) is 12.6. The second kappa shape index (κ2) is 5.33. The minimum Gasteiger partial charge on any atom is -0.358 e. The molecular weight excluding hydrogens is 298 g/mol. The number of likely N-dealkylation sites (N-methyl/N-ethyl adjacent to an activating group) is 1. The van der Waals surface area contributed by atoms with Crippen LogP contribution in [0.2, 0.25) is 0 Å². The summed E-state index contributed by atoms with van der Waals surface area (Å²) in [5, 5.41) is 4.43. The average Bonchev–Trinajstić information content (AvgIpc) is 2.57. The summed E-state index contributed by atoms with van der Waals surface area (Å²) in [7, 11) is 4.15. The van der Waals surface area contributed by atoms with E-state index in [4.69, 9.17) is 0 Å². The second-order valence-corrected chi connectivity index (χ2v) is 6.39. The van der Waals surface area contributed by atoms with E-state index < -0.39 is 0 Å². The summed E-state index contributed by atoms with van der Waals surface area (Å²) < 4.78 is 2.29. The largest absolute Gasteiger partial charge is 0.358 e. The van der Waals surface area contributed by atoms with Crippen LogP contribution >= 0.6 is 27.3 Å². The first-order valence-electron chi connectivity index (χ1n) is 5.52. The monoisotopic (exact) mass is 313 g/mol. The number of benzene rings is 1. The molecule has 17 heavy (non-hydrogen) atoms. The van der Waals surface area contributed by atoms with Gasteiger partial charge in [0.25, 0.3) is 0 Å². The first-order chi connectivity index (χ1) is 8.04. The fraction of sp³-hybridized carbons (Fsp3) is 0.417. The van der Waals surface area contributed by atoms with Crippen LogP contribution in [-0.2, 0) is 0 Å². The third-order valence-electron chi connectivity index (χ3n) is 2.36. The molecule has 0 spiro atoms. The topological polar surface area (TPSA) is 28.2 Å². The Morgan fingerprint density at radius 3 is 2.94 bits per heavy atom. The van der Waals surface area contributed by atoms with E-state index >= 15 is 0 Å². The van der Waals surface area contributed by atoms with Gasteiger partial charge in [-0.05, 0) is 39.2 Å². The molecule has 0 radical (unpaired) electrons. The lowest BCUT2D eigenvalue weighted by atomic mass is 10.3. The molecule has 0 amide bonds. The second-order valence-electron chi connectivity index (χ2n) is 4.44. The van der Waals surface area contributed by atoms with Gasteiger partial charge in [-0.3, -0.25) is 0 Å². The summed E-state index contributed by atoms with van der Waals surface area (Å²) in [4.78, 5) is 6.75. The molecule has 1 heterocycles. The molecule has 2 aromatic rings. The Labute approximate surface area is 114 Å². The van der Waals surface area contributed by atoms with Gasteiger partial charge in [0, 0.05) is 17.1 Å². The maximum atomic E-state index is 4.58. The fourth-order valence-electron chi connectivity index (χ4n) is 1.77. The van der Waals surface area contributed by atoms with E-state index in [1.807, 2.05) is 12.1 Å². The first-order valence-corrected chi connectivity index (χ1v) is 7.13. The first kappa shape index (κ1) is 12.8. The van der Waals surface area contributed by atoms with Gasteiger partial charge in [-0.1, -0.05) is 27.3 Å². The molecule has 0 saturated carbocycles. The molecule has 1 aromatic heterocycles. The Balaban J connectivity index is 2.14. The van der Waals surface area contributed by atoms with Crippen molar-refractivity contribution in [2.75, 3.05) is 26.0 Å². The minimum absolute atomic E-state index is 0.397. The van der Waals surface area contributed by atoms with Gasteiger partial charge in [-0.15, -0.1) is 0 Å². The van der Waals surface area contributed by atoms with Gasteiger partial charge >= 0.3 is 0 Å². The molecule has 1 atom stereocenters. The van der Waals surface area contributed by atoms with E-state index in [1.54, 1.807) is 11.3 Å². The fourth-order valence-corrected chi connectivity index (χ4v) is 3.07. The van der Waals surface area contributed by atoms with Crippen LogP contribution in [0.4, 0.5) is 5.13 Å². The van der Waals surface area contributed by atoms with Crippen LogP contribution in [0.3, 0.4) is 0 Å². The van der Waals surface area contributed by atoms with E-state index in [9.17, 15) is 0 Å². The Kier molecular flexibility index (Phi) is 4.01. The summed E-state index contributed by atoms with van der Waals surface area (Å²) in [6.45, 7) is 3.17. The lowest BCUT2D eigenvalue weighted by Crippen LogP contribution is -2.29. The molecule has 0 bridgehead atoms. The highest BCUT2D eigenvalue weighted by molar-refractivity contribution is 9.10. The van der Waals surface area contributed by atoms with Crippen molar-refractivity contribution >= 4 is 42.6 Å². The standard InChI is InChI=1S/C12H16BrN3S/c1-8(7-16(2)3)14-12-15-10-6-9(13)4-5-11(10)17-12/h4-6,8H,7H2,1-3H3,(H,14,15). The molecule has 0 aliphatic carbocycles. The average molecular weight is 314 g/mol. The molecule has 0 saturated heterocycles. The van der Waals surface area contributed by atoms with Crippen LogP contribution in [0.5, 0.6) is 0 Å². The smallest absolute Gasteiger partial charge is 0.184 e. The lowest BCUT2D eigenvalue weighted by molar-refractivity contribution is 0.392. The predicted molar refractivity (Wildman–Crippen MR) is 79.0 cm³/mol. The highest BCUT2D eigenvalue weighted by atomic mass is 79.9. The Morgan fingerprint density at radius 1 is 1.47 bits per heavy atom. The van der Waals surface area contributed by atoms with Crippen LogP contribution in [-0.4, -0.2) is 36.6 Å². The number of rotatable bonds is 4. The summed E-state index contributed by atoms with van der Waals surface area (Å²) in [6, 6.07) is 6.59. The highest BCUT2D eigenvalue weighted by Crippen LogP contribution is 2.28. The Morgan fingerprint density at radius 2 is 2.24 bits per heavy atom. The van der Waals surface area contributed by atoms with Gasteiger partial charge in [-0.25, -0.2) is 4.98 Å². The van der Waals surface area contributed by atoms with E-state index in [0.717, 1.165) is 21.7 Å². The Bertz CT molecular complexity index is 509. The highest BCUT2D eigenvalue weighted by Gasteiger charge is 2.08. The third-order valence-corrected chi connectivity index (χ3v) is 3.82. The number of anilines is 1. The quantitative estimate of drug-likeness (QED) is 0.937. The van der Waals surface area contributed by atoms with Crippen molar-refractivity contribution in [3.8, 4) is 0 Å². The van der Waals surface area contributed by atoms with Crippen molar-refractivity contribution in [3.63, 3.8) is 0 Å². The van der Waals surface area contributed by atoms with Gasteiger partial charge in [0.15, 0.2) is 5.13 Å². The molecule has 92 valence electrons. The molecule has 1 N–H and O–H groups in total. The molecule has 1 aromatic carbocycles. The van der Waals surface area contributed by atoms with Gasteiger partial charge in [0.2, 0.25) is 0 Å². The molecule has 0 fully saturated rings. The molecule has 0 aliphatic heterocycles.